The van der Waals surface area contributed by atoms with Crippen molar-refractivity contribution in [2.24, 2.45) is 5.73 Å². The van der Waals surface area contributed by atoms with Crippen LogP contribution < -0.4 is 32.2 Å². The van der Waals surface area contributed by atoms with Crippen LogP contribution in [-0.4, -0.2) is 19.1 Å². The van der Waals surface area contributed by atoms with Gasteiger partial charge in [-0.2, -0.15) is 4.57 Å². The van der Waals surface area contributed by atoms with E-state index in [1.165, 1.54) is 0 Å². The third-order valence-electron chi connectivity index (χ3n) is 2.94. The van der Waals surface area contributed by atoms with Crippen LogP contribution in [0, 0.1) is 0 Å². The van der Waals surface area contributed by atoms with Crippen molar-refractivity contribution in [2.45, 2.75) is 0 Å². The van der Waals surface area contributed by atoms with Crippen LogP contribution in [0.1, 0.15) is 10.4 Å². The molecule has 1 amide bonds. The Morgan fingerprint density at radius 1 is 1.10 bits per heavy atom. The molecule has 2 heterocycles. The molecule has 2 aromatic rings. The van der Waals surface area contributed by atoms with E-state index in [1.807, 2.05) is 22.8 Å². The Kier molecular flexibility index (Phi) is 4.10. The normalized spacial score (nSPS) is 12.4. The average Bonchev–Trinajstić information content (AvgIpc) is 2.47. The van der Waals surface area contributed by atoms with E-state index in [-0.39, 0.29) is 12.4 Å². The number of pyridine rings is 1. The number of ether oxygens (including phenoxy) is 2. The van der Waals surface area contributed by atoms with E-state index in [4.69, 9.17) is 15.2 Å². The highest BCUT2D eigenvalue weighted by Gasteiger charge is 2.22. The third kappa shape index (κ3) is 2.53. The Labute approximate surface area is 122 Å². The average molecular weight is 293 g/mol. The molecule has 0 saturated carbocycles. The summed E-state index contributed by atoms with van der Waals surface area (Å²) in [7, 11) is 0. The van der Waals surface area contributed by atoms with Crippen molar-refractivity contribution in [3.63, 3.8) is 0 Å². The molecule has 0 radical (unpaired) electrons. The van der Waals surface area contributed by atoms with E-state index < -0.39 is 5.91 Å². The summed E-state index contributed by atoms with van der Waals surface area (Å²) in [5, 5.41) is 0. The van der Waals surface area contributed by atoms with Gasteiger partial charge in [-0.15, -0.1) is 0 Å². The zero-order chi connectivity index (χ0) is 13.2. The molecule has 0 unspecified atom stereocenters. The van der Waals surface area contributed by atoms with E-state index >= 15 is 0 Å². The fourth-order valence-corrected chi connectivity index (χ4v) is 2.01. The SMILES string of the molecule is NC(=O)c1cc[n+](-c2cccc3c2OCCO3)cc1.[Cl-]. The largest absolute Gasteiger partial charge is 1.00 e. The van der Waals surface area contributed by atoms with Gasteiger partial charge in [0.2, 0.25) is 11.7 Å². The molecule has 0 bridgehead atoms. The number of hydrogen-bond donors (Lipinski definition) is 1. The van der Waals surface area contributed by atoms with Crippen LogP contribution >= 0.6 is 0 Å². The molecule has 0 fully saturated rings. The predicted octanol–water partition coefficient (Wildman–Crippen LogP) is -2.16. The number of primary amides is 1. The van der Waals surface area contributed by atoms with E-state index in [0.717, 1.165) is 11.4 Å². The molecule has 0 spiro atoms. The van der Waals surface area contributed by atoms with Crippen molar-refractivity contribution in [1.29, 1.82) is 0 Å². The first-order chi connectivity index (χ1) is 9.25. The van der Waals surface area contributed by atoms with E-state index in [1.54, 1.807) is 24.5 Å². The summed E-state index contributed by atoms with van der Waals surface area (Å²) >= 11 is 0. The number of rotatable bonds is 2. The lowest BCUT2D eigenvalue weighted by Gasteiger charge is -2.18. The number of carbonyl (C=O) groups excluding carboxylic acids is 1. The first kappa shape index (κ1) is 14.1. The first-order valence-electron chi connectivity index (χ1n) is 5.96. The monoisotopic (exact) mass is 292 g/mol. The molecular weight excluding hydrogens is 280 g/mol. The molecule has 6 heteroatoms. The molecule has 1 aliphatic rings. The maximum Gasteiger partial charge on any atom is 0.256 e. The predicted molar refractivity (Wildman–Crippen MR) is 67.5 cm³/mol. The summed E-state index contributed by atoms with van der Waals surface area (Å²) in [6.07, 6.45) is 3.54. The molecule has 0 atom stereocenters. The molecule has 1 aliphatic heterocycles. The molecule has 1 aromatic carbocycles. The van der Waals surface area contributed by atoms with Gasteiger partial charge in [0.25, 0.3) is 5.69 Å². The maximum atomic E-state index is 11.0. The summed E-state index contributed by atoms with van der Waals surface area (Å²) < 4.78 is 13.0. The number of amides is 1. The van der Waals surface area contributed by atoms with Crippen LogP contribution in [0.2, 0.25) is 0 Å². The topological polar surface area (TPSA) is 65.4 Å². The van der Waals surface area contributed by atoms with Crippen LogP contribution in [0.25, 0.3) is 5.69 Å². The zero-order valence-corrected chi connectivity index (χ0v) is 11.3. The van der Waals surface area contributed by atoms with E-state index in [2.05, 4.69) is 0 Å². The Morgan fingerprint density at radius 3 is 2.50 bits per heavy atom. The number of halogens is 1. The second-order valence-electron chi connectivity index (χ2n) is 4.16. The number of nitrogens with two attached hydrogens (primary N) is 1. The van der Waals surface area contributed by atoms with Crippen LogP contribution in [0.4, 0.5) is 0 Å². The van der Waals surface area contributed by atoms with Crippen LogP contribution in [-0.2, 0) is 0 Å². The number of fused-ring (bicyclic) bond motifs is 1. The van der Waals surface area contributed by atoms with Gasteiger partial charge in [-0.25, -0.2) is 0 Å². The fraction of sp³-hybridized carbons (Fsp3) is 0.143. The highest BCUT2D eigenvalue weighted by molar-refractivity contribution is 5.92. The van der Waals surface area contributed by atoms with Gasteiger partial charge in [0.15, 0.2) is 18.1 Å². The van der Waals surface area contributed by atoms with Gasteiger partial charge in [-0.3, -0.25) is 4.79 Å². The number of aromatic nitrogens is 1. The quantitative estimate of drug-likeness (QED) is 0.641. The van der Waals surface area contributed by atoms with Crippen molar-refractivity contribution in [3.8, 4) is 17.2 Å². The summed E-state index contributed by atoms with van der Waals surface area (Å²) in [6, 6.07) is 9.04. The minimum Gasteiger partial charge on any atom is -1.00 e. The zero-order valence-electron chi connectivity index (χ0n) is 10.6. The van der Waals surface area contributed by atoms with Crippen LogP contribution in [0.5, 0.6) is 11.5 Å². The number of benzene rings is 1. The summed E-state index contributed by atoms with van der Waals surface area (Å²) in [6.45, 7) is 1.09. The molecule has 104 valence electrons. The summed E-state index contributed by atoms with van der Waals surface area (Å²) in [5.41, 5.74) is 6.56. The van der Waals surface area contributed by atoms with E-state index in [0.29, 0.717) is 24.5 Å². The standard InChI is InChI=1S/C14H12N2O3.ClH/c15-14(17)10-4-6-16(7-5-10)11-2-1-3-12-13(11)19-9-8-18-12;/h1-7H,8-9H2,(H-,15,17);1H. The molecule has 5 nitrogen and oxygen atoms in total. The lowest BCUT2D eigenvalue weighted by atomic mass is 10.2. The fourth-order valence-electron chi connectivity index (χ4n) is 2.01. The maximum absolute atomic E-state index is 11.0. The molecule has 3 rings (SSSR count). The molecule has 0 saturated heterocycles. The van der Waals surface area contributed by atoms with E-state index in [9.17, 15) is 4.79 Å². The Bertz CT molecular complexity index is 629. The second kappa shape index (κ2) is 5.79. The van der Waals surface area contributed by atoms with Gasteiger partial charge in [-0.05, 0) is 6.07 Å². The van der Waals surface area contributed by atoms with Crippen molar-refractivity contribution in [2.75, 3.05) is 13.2 Å². The number of carbonyl (C=O) groups is 1. The number of hydrogen-bond acceptors (Lipinski definition) is 3. The van der Waals surface area contributed by atoms with Crippen molar-refractivity contribution >= 4 is 5.91 Å². The summed E-state index contributed by atoms with van der Waals surface area (Å²) in [4.78, 5) is 11.0. The van der Waals surface area contributed by atoms with Crippen molar-refractivity contribution in [1.82, 2.24) is 0 Å². The van der Waals surface area contributed by atoms with Gasteiger partial charge in [0, 0.05) is 18.2 Å². The van der Waals surface area contributed by atoms with Gasteiger partial charge in [0.1, 0.15) is 13.2 Å². The van der Waals surface area contributed by atoms with Crippen LogP contribution in [0.3, 0.4) is 0 Å². The molecule has 1 aromatic heterocycles. The number of para-hydroxylation sites is 1. The smallest absolute Gasteiger partial charge is 0.256 e. The Morgan fingerprint density at radius 2 is 1.80 bits per heavy atom. The minimum atomic E-state index is -0.443. The first-order valence-corrected chi connectivity index (χ1v) is 5.96. The number of nitrogens with zero attached hydrogens (tertiary/aromatic N) is 1. The molecule has 0 aliphatic carbocycles. The summed E-state index contributed by atoms with van der Waals surface area (Å²) in [5.74, 6) is 1.00. The molecule has 2 N–H and O–H groups in total. The van der Waals surface area contributed by atoms with Gasteiger partial charge in [0.05, 0.1) is 5.56 Å². The highest BCUT2D eigenvalue weighted by atomic mass is 35.5. The minimum absolute atomic E-state index is 0. The lowest BCUT2D eigenvalue weighted by Crippen LogP contribution is -3.00. The Hall–Kier alpha value is -2.27. The third-order valence-corrected chi connectivity index (χ3v) is 2.94. The van der Waals surface area contributed by atoms with Crippen molar-refractivity contribution < 1.29 is 31.2 Å². The van der Waals surface area contributed by atoms with Gasteiger partial charge < -0.3 is 27.6 Å². The molecular formula is C14H13ClN2O3. The van der Waals surface area contributed by atoms with Crippen LogP contribution in [0.15, 0.2) is 42.7 Å². The molecule has 20 heavy (non-hydrogen) atoms. The second-order valence-corrected chi connectivity index (χ2v) is 4.16. The van der Waals surface area contributed by atoms with Gasteiger partial charge >= 0.3 is 0 Å². The lowest BCUT2D eigenvalue weighted by molar-refractivity contribution is -0.596. The highest BCUT2D eigenvalue weighted by Crippen LogP contribution is 2.33. The Balaban J connectivity index is 0.00000147. The van der Waals surface area contributed by atoms with Crippen molar-refractivity contribution in [3.05, 3.63) is 48.3 Å². The van der Waals surface area contributed by atoms with Gasteiger partial charge in [-0.1, -0.05) is 6.07 Å².